The van der Waals surface area contributed by atoms with Gasteiger partial charge in [-0.1, -0.05) is 18.2 Å². The Bertz CT molecular complexity index is 1770. The Balaban J connectivity index is 1.76. The van der Waals surface area contributed by atoms with Crippen molar-refractivity contribution < 1.29 is 34.5 Å². The molecule has 0 aliphatic heterocycles. The third-order valence-electron chi connectivity index (χ3n) is 8.80. The number of anilines is 1. The van der Waals surface area contributed by atoms with Gasteiger partial charge in [0.15, 0.2) is 17.0 Å². The number of aliphatic hydroxyl groups excluding tert-OH is 2. The number of nitrogens with two attached hydrogens (primary N) is 4. The van der Waals surface area contributed by atoms with Gasteiger partial charge in [-0.05, 0) is 61.8 Å². The number of phenols is 1. The first-order valence-corrected chi connectivity index (χ1v) is 13.5. The number of fused-ring (bicyclic) bond motifs is 3. The van der Waals surface area contributed by atoms with Crippen LogP contribution in [0.5, 0.6) is 5.75 Å². The van der Waals surface area contributed by atoms with Crippen molar-refractivity contribution in [3.63, 3.8) is 0 Å². The highest BCUT2D eigenvalue weighted by Gasteiger charge is 2.74. The van der Waals surface area contributed by atoms with Gasteiger partial charge in [-0.3, -0.25) is 24.1 Å². The van der Waals surface area contributed by atoms with Crippen molar-refractivity contribution in [2.45, 2.75) is 30.0 Å². The molecule has 14 heteroatoms. The van der Waals surface area contributed by atoms with Crippen molar-refractivity contribution in [3.05, 3.63) is 64.4 Å². The number of nitrogens with one attached hydrogen (secondary N) is 1. The molecule has 4 atom stereocenters. The van der Waals surface area contributed by atoms with Crippen LogP contribution in [0.3, 0.4) is 0 Å². The minimum absolute atomic E-state index is 0.125. The normalized spacial score (nSPS) is 27.8. The highest BCUT2D eigenvalue weighted by Crippen LogP contribution is 2.58. The van der Waals surface area contributed by atoms with E-state index in [0.29, 0.717) is 22.4 Å². The number of amides is 2. The summed E-state index contributed by atoms with van der Waals surface area (Å²) in [5.41, 5.74) is 18.2. The molecule has 228 valence electrons. The molecule has 14 nitrogen and oxygen atoms in total. The zero-order valence-corrected chi connectivity index (χ0v) is 23.8. The van der Waals surface area contributed by atoms with Gasteiger partial charge in [0.2, 0.25) is 5.91 Å². The van der Waals surface area contributed by atoms with Gasteiger partial charge in [0.1, 0.15) is 22.8 Å². The maximum absolute atomic E-state index is 14.4. The third-order valence-corrected chi connectivity index (χ3v) is 8.80. The lowest BCUT2D eigenvalue weighted by Gasteiger charge is -2.58. The summed E-state index contributed by atoms with van der Waals surface area (Å²) in [4.78, 5) is 53.3. The van der Waals surface area contributed by atoms with Crippen molar-refractivity contribution in [1.82, 2.24) is 4.90 Å². The number of carbonyl (C=O) groups excluding carboxylic acids is 4. The molecule has 44 heavy (non-hydrogen) atoms. The number of aromatic hydroxyl groups is 1. The van der Waals surface area contributed by atoms with Crippen LogP contribution in [0.1, 0.15) is 17.5 Å². The van der Waals surface area contributed by atoms with E-state index in [1.54, 1.807) is 36.4 Å². The van der Waals surface area contributed by atoms with Crippen LogP contribution in [-0.2, 0) is 25.6 Å². The van der Waals surface area contributed by atoms with E-state index in [0.717, 1.165) is 0 Å². The van der Waals surface area contributed by atoms with E-state index < -0.39 is 74.8 Å². The van der Waals surface area contributed by atoms with Gasteiger partial charge in [0.25, 0.3) is 5.91 Å². The maximum atomic E-state index is 14.4. The van der Waals surface area contributed by atoms with Gasteiger partial charge in [0.05, 0.1) is 40.9 Å². The summed E-state index contributed by atoms with van der Waals surface area (Å²) in [5, 5.41) is 46.9. The first-order chi connectivity index (χ1) is 20.6. The minimum atomic E-state index is -2.74. The highest BCUT2D eigenvalue weighted by atomic mass is 16.3. The van der Waals surface area contributed by atoms with Crippen molar-refractivity contribution in [1.29, 1.82) is 5.26 Å². The van der Waals surface area contributed by atoms with Crippen molar-refractivity contribution in [3.8, 4) is 22.9 Å². The number of hydrogen-bond donors (Lipinski definition) is 8. The Morgan fingerprint density at radius 2 is 1.73 bits per heavy atom. The molecule has 3 aliphatic carbocycles. The predicted octanol–water partition coefficient (Wildman–Crippen LogP) is -0.530. The fourth-order valence-corrected chi connectivity index (χ4v) is 7.05. The molecule has 0 heterocycles. The summed E-state index contributed by atoms with van der Waals surface area (Å²) in [5.74, 6) is -6.31. The molecule has 5 rings (SSSR count). The Morgan fingerprint density at radius 1 is 1.09 bits per heavy atom. The molecule has 3 aliphatic rings. The van der Waals surface area contributed by atoms with Crippen molar-refractivity contribution in [2.24, 2.45) is 28.3 Å². The fourth-order valence-electron chi connectivity index (χ4n) is 7.05. The molecular weight excluding hydrogens is 570 g/mol. The first-order valence-electron chi connectivity index (χ1n) is 13.5. The Kier molecular flexibility index (Phi) is 6.91. The number of benzene rings is 2. The number of nitriles is 1. The van der Waals surface area contributed by atoms with Gasteiger partial charge in [0, 0.05) is 5.69 Å². The van der Waals surface area contributed by atoms with Gasteiger partial charge >= 0.3 is 0 Å². The van der Waals surface area contributed by atoms with E-state index in [9.17, 15) is 39.8 Å². The molecule has 0 spiro atoms. The molecule has 2 aromatic rings. The molecule has 0 bridgehead atoms. The number of hydrogen-bond acceptors (Lipinski definition) is 12. The summed E-state index contributed by atoms with van der Waals surface area (Å²) in [6.07, 6.45) is -0.674. The van der Waals surface area contributed by atoms with Crippen LogP contribution in [0.25, 0.3) is 16.9 Å². The SMILES string of the molecule is CN(C)[C@@H]1C(=O)C(C(N)=O)=C(O)[C@@]2(C#N)C(=O)C3=C(O)c4c(O)ccc(-c5ccc(NC(=O)CN)cc5)c4C[C@@]3(N)C[C@@]12N. The second-order valence-electron chi connectivity index (χ2n) is 11.6. The number of rotatable bonds is 5. The van der Waals surface area contributed by atoms with Gasteiger partial charge in [-0.25, -0.2) is 0 Å². The van der Waals surface area contributed by atoms with Gasteiger partial charge < -0.3 is 43.6 Å². The van der Waals surface area contributed by atoms with Crippen LogP contribution < -0.4 is 28.3 Å². The lowest BCUT2D eigenvalue weighted by Crippen LogP contribution is -2.80. The summed E-state index contributed by atoms with van der Waals surface area (Å²) < 4.78 is 0. The predicted molar refractivity (Wildman–Crippen MR) is 157 cm³/mol. The third kappa shape index (κ3) is 3.87. The standard InChI is InChI=1S/C30H31N7O7/c1-37(2)24-23(41)20(27(33)44)25(42)29(12-32)26(43)21-22(40)19-16(9-28(21,34)11-30(24,29)35)15(7-8-17(19)38)13-3-5-14(6-4-13)36-18(39)10-31/h3-8,24,38,40,42H,9-11,31,34-35H2,1-2H3,(H2,33,44)(H,36,39)/t24-,28-,29+,30-/m1/s1. The molecular formula is C30H31N7O7. The molecule has 12 N–H and O–H groups in total. The summed E-state index contributed by atoms with van der Waals surface area (Å²) >= 11 is 0. The van der Waals surface area contributed by atoms with Gasteiger partial charge in [-0.2, -0.15) is 5.26 Å². The van der Waals surface area contributed by atoms with Crippen molar-refractivity contribution >= 4 is 34.8 Å². The minimum Gasteiger partial charge on any atom is -0.509 e. The number of ketones is 2. The first kappa shape index (κ1) is 30.4. The molecule has 0 saturated heterocycles. The number of phenolic OH excluding ortho intramolecular Hbond substituents is 1. The van der Waals surface area contributed by atoms with Crippen LogP contribution >= 0.6 is 0 Å². The van der Waals surface area contributed by atoms with Crippen molar-refractivity contribution in [2.75, 3.05) is 26.0 Å². The maximum Gasteiger partial charge on any atom is 0.255 e. The van der Waals surface area contributed by atoms with E-state index in [4.69, 9.17) is 22.9 Å². The Labute approximate surface area is 251 Å². The molecule has 2 amide bonds. The van der Waals surface area contributed by atoms with Crippen LogP contribution in [0.2, 0.25) is 0 Å². The molecule has 0 aromatic heterocycles. The number of aliphatic hydroxyl groups is 2. The van der Waals surface area contributed by atoms with Crippen LogP contribution in [-0.4, -0.2) is 81.4 Å². The number of nitrogens with zero attached hydrogens (tertiary/aromatic N) is 2. The number of primary amides is 1. The van der Waals surface area contributed by atoms with E-state index in [1.807, 2.05) is 0 Å². The molecule has 1 saturated carbocycles. The van der Waals surface area contributed by atoms with E-state index in [1.165, 1.54) is 25.1 Å². The van der Waals surface area contributed by atoms with Crippen LogP contribution in [0, 0.1) is 16.7 Å². The largest absolute Gasteiger partial charge is 0.509 e. The van der Waals surface area contributed by atoms with E-state index in [2.05, 4.69) is 5.32 Å². The average Bonchev–Trinajstić information content (AvgIpc) is 2.92. The summed E-state index contributed by atoms with van der Waals surface area (Å²) in [7, 11) is 2.89. The summed E-state index contributed by atoms with van der Waals surface area (Å²) in [6, 6.07) is 9.78. The monoisotopic (exact) mass is 601 g/mol. The van der Waals surface area contributed by atoms with Crippen LogP contribution in [0.4, 0.5) is 5.69 Å². The number of Topliss-reactive ketones (excluding diaryl/α,β-unsaturated/α-hetero) is 2. The number of likely N-dealkylation sites (N-methyl/N-ethyl adjacent to an activating group) is 1. The smallest absolute Gasteiger partial charge is 0.255 e. The van der Waals surface area contributed by atoms with Gasteiger partial charge in [-0.15, -0.1) is 0 Å². The lowest BCUT2D eigenvalue weighted by atomic mass is 9.47. The van der Waals surface area contributed by atoms with Crippen LogP contribution in [0.15, 0.2) is 53.3 Å². The second kappa shape index (κ2) is 10.00. The topological polar surface area (TPSA) is 272 Å². The zero-order valence-electron chi connectivity index (χ0n) is 23.8. The fraction of sp³-hybridized carbons (Fsp3) is 0.300. The number of carbonyl (C=O) groups is 4. The quantitative estimate of drug-likeness (QED) is 0.201. The summed E-state index contributed by atoms with van der Waals surface area (Å²) in [6.45, 7) is -0.203. The van der Waals surface area contributed by atoms with E-state index in [-0.39, 0.29) is 24.4 Å². The molecule has 0 radical (unpaired) electrons. The Hall–Kier alpha value is -5.07. The zero-order chi connectivity index (χ0) is 32.5. The molecule has 2 aromatic carbocycles. The van der Waals surface area contributed by atoms with E-state index >= 15 is 0 Å². The lowest BCUT2D eigenvalue weighted by molar-refractivity contribution is -0.139. The average molecular weight is 602 g/mol. The molecule has 0 unspecified atom stereocenters. The Morgan fingerprint density at radius 3 is 2.27 bits per heavy atom. The highest BCUT2D eigenvalue weighted by molar-refractivity contribution is 6.25. The molecule has 1 fully saturated rings. The second-order valence-corrected chi connectivity index (χ2v) is 11.6.